The molecule has 0 saturated carbocycles. The predicted molar refractivity (Wildman–Crippen MR) is 124 cm³/mol. The minimum Gasteiger partial charge on any atom is -0.248 e. The number of unbranched alkanes of at least 4 members (excludes halogenated alkanes) is 8. The first kappa shape index (κ1) is 28.9. The van der Waals surface area contributed by atoms with Crippen LogP contribution in [0, 0.1) is 11.8 Å². The molecule has 0 aliphatic heterocycles. The van der Waals surface area contributed by atoms with Crippen molar-refractivity contribution < 1.29 is 16.8 Å². The molecule has 0 bridgehead atoms. The Morgan fingerprint density at radius 1 is 0.552 bits per heavy atom. The average molecular weight is 435 g/mol. The van der Waals surface area contributed by atoms with Crippen molar-refractivity contribution in [2.24, 2.45) is 11.8 Å². The molecule has 0 fully saturated rings. The standard InChI is InChI=1S/C24H50O4S/c1-5-7-9-11-13-17-23(3)19-15-21-27-29(25,26)28-22-16-20-24(4)18-14-12-10-8-6-2/h23-24H,5-22H2,1-4H3. The highest BCUT2D eigenvalue weighted by Crippen LogP contribution is 2.17. The van der Waals surface area contributed by atoms with Crippen molar-refractivity contribution in [1.82, 2.24) is 0 Å². The molecule has 0 aromatic carbocycles. The summed E-state index contributed by atoms with van der Waals surface area (Å²) in [5, 5.41) is 0. The molecule has 0 N–H and O–H groups in total. The molecular weight excluding hydrogens is 384 g/mol. The fourth-order valence-electron chi connectivity index (χ4n) is 3.70. The molecule has 0 saturated heterocycles. The number of rotatable bonds is 22. The van der Waals surface area contributed by atoms with Gasteiger partial charge in [0.05, 0.1) is 13.2 Å². The second kappa shape index (κ2) is 19.8. The Morgan fingerprint density at radius 3 is 1.28 bits per heavy atom. The molecule has 0 radical (unpaired) electrons. The fraction of sp³-hybridized carbons (Fsp3) is 1.00. The van der Waals surface area contributed by atoms with Gasteiger partial charge in [0, 0.05) is 0 Å². The highest BCUT2D eigenvalue weighted by atomic mass is 32.3. The molecule has 0 heterocycles. The monoisotopic (exact) mass is 434 g/mol. The summed E-state index contributed by atoms with van der Waals surface area (Å²) >= 11 is 0. The largest absolute Gasteiger partial charge is 0.399 e. The van der Waals surface area contributed by atoms with Crippen LogP contribution in [0.5, 0.6) is 0 Å². The van der Waals surface area contributed by atoms with Gasteiger partial charge >= 0.3 is 10.4 Å². The van der Waals surface area contributed by atoms with Crippen LogP contribution in [-0.4, -0.2) is 21.6 Å². The third kappa shape index (κ3) is 20.9. The summed E-state index contributed by atoms with van der Waals surface area (Å²) < 4.78 is 33.6. The fourth-order valence-corrected chi connectivity index (χ4v) is 4.41. The molecule has 0 aliphatic rings. The van der Waals surface area contributed by atoms with Crippen LogP contribution in [0.1, 0.15) is 130 Å². The van der Waals surface area contributed by atoms with Gasteiger partial charge in [-0.05, 0) is 37.5 Å². The zero-order valence-electron chi connectivity index (χ0n) is 19.9. The highest BCUT2D eigenvalue weighted by Gasteiger charge is 2.12. The first-order chi connectivity index (χ1) is 13.9. The van der Waals surface area contributed by atoms with E-state index < -0.39 is 10.4 Å². The molecule has 0 aromatic heterocycles. The second-order valence-electron chi connectivity index (χ2n) is 8.95. The predicted octanol–water partition coefficient (Wildman–Crippen LogP) is 7.82. The van der Waals surface area contributed by atoms with Gasteiger partial charge in [-0.15, -0.1) is 0 Å². The van der Waals surface area contributed by atoms with Gasteiger partial charge < -0.3 is 0 Å². The lowest BCUT2D eigenvalue weighted by molar-refractivity contribution is 0.202. The maximum absolute atomic E-state index is 11.8. The summed E-state index contributed by atoms with van der Waals surface area (Å²) in [6.45, 7) is 9.42. The lowest BCUT2D eigenvalue weighted by Crippen LogP contribution is -2.13. The molecule has 0 aromatic rings. The lowest BCUT2D eigenvalue weighted by Gasteiger charge is -2.12. The van der Waals surface area contributed by atoms with Gasteiger partial charge in [0.1, 0.15) is 0 Å². The van der Waals surface area contributed by atoms with Gasteiger partial charge in [-0.2, -0.15) is 8.42 Å². The Labute approximate surface area is 182 Å². The SMILES string of the molecule is CCCCCCCC(C)CCCOS(=O)(=O)OCCCC(C)CCCCCCC. The first-order valence-corrected chi connectivity index (χ1v) is 13.8. The van der Waals surface area contributed by atoms with Crippen molar-refractivity contribution in [3.63, 3.8) is 0 Å². The molecule has 2 atom stereocenters. The van der Waals surface area contributed by atoms with Crippen LogP contribution in [0.4, 0.5) is 0 Å². The Balaban J connectivity index is 3.61. The molecule has 0 spiro atoms. The molecule has 0 amide bonds. The van der Waals surface area contributed by atoms with Crippen LogP contribution in [0.15, 0.2) is 0 Å². The van der Waals surface area contributed by atoms with Gasteiger partial charge in [0.2, 0.25) is 0 Å². The molecule has 0 rings (SSSR count). The first-order valence-electron chi connectivity index (χ1n) is 12.4. The van der Waals surface area contributed by atoms with Crippen molar-refractivity contribution in [3.05, 3.63) is 0 Å². The van der Waals surface area contributed by atoms with Crippen LogP contribution in [-0.2, 0) is 18.8 Å². The third-order valence-electron chi connectivity index (χ3n) is 5.74. The molecular formula is C24H50O4S. The van der Waals surface area contributed by atoms with Crippen LogP contribution in [0.2, 0.25) is 0 Å². The van der Waals surface area contributed by atoms with Gasteiger partial charge in [0.25, 0.3) is 0 Å². The molecule has 2 unspecified atom stereocenters. The van der Waals surface area contributed by atoms with Gasteiger partial charge in [-0.3, -0.25) is 0 Å². The summed E-state index contributed by atoms with van der Waals surface area (Å²) in [5.74, 6) is 1.26. The van der Waals surface area contributed by atoms with Gasteiger partial charge in [-0.25, -0.2) is 8.37 Å². The van der Waals surface area contributed by atoms with Crippen molar-refractivity contribution >= 4 is 10.4 Å². The zero-order chi connectivity index (χ0) is 21.8. The lowest BCUT2D eigenvalue weighted by atomic mass is 9.98. The minimum atomic E-state index is -3.83. The van der Waals surface area contributed by atoms with E-state index in [4.69, 9.17) is 8.37 Å². The summed E-state index contributed by atoms with van der Waals surface area (Å²) in [6.07, 6.45) is 19.1. The smallest absolute Gasteiger partial charge is 0.248 e. The van der Waals surface area contributed by atoms with Crippen LogP contribution >= 0.6 is 0 Å². The van der Waals surface area contributed by atoms with Crippen molar-refractivity contribution in [2.75, 3.05) is 13.2 Å². The average Bonchev–Trinajstić information content (AvgIpc) is 2.68. The zero-order valence-corrected chi connectivity index (χ0v) is 20.7. The van der Waals surface area contributed by atoms with E-state index in [1.165, 1.54) is 77.0 Å². The van der Waals surface area contributed by atoms with Crippen molar-refractivity contribution in [2.45, 2.75) is 130 Å². The number of hydrogen-bond acceptors (Lipinski definition) is 4. The molecule has 4 nitrogen and oxygen atoms in total. The Bertz CT molecular complexity index is 402. The normalized spacial score (nSPS) is 14.2. The number of hydrogen-bond donors (Lipinski definition) is 0. The van der Waals surface area contributed by atoms with E-state index in [2.05, 4.69) is 27.7 Å². The Kier molecular flexibility index (Phi) is 19.7. The topological polar surface area (TPSA) is 52.6 Å². The van der Waals surface area contributed by atoms with Crippen LogP contribution < -0.4 is 0 Å². The maximum atomic E-state index is 11.8. The molecule has 0 aliphatic carbocycles. The van der Waals surface area contributed by atoms with E-state index in [9.17, 15) is 8.42 Å². The van der Waals surface area contributed by atoms with Crippen molar-refractivity contribution in [1.29, 1.82) is 0 Å². The van der Waals surface area contributed by atoms with Gasteiger partial charge in [-0.1, -0.05) is 105 Å². The maximum Gasteiger partial charge on any atom is 0.399 e. The van der Waals surface area contributed by atoms with Gasteiger partial charge in [0.15, 0.2) is 0 Å². The van der Waals surface area contributed by atoms with E-state index in [0.717, 1.165) is 25.7 Å². The van der Waals surface area contributed by atoms with Crippen LogP contribution in [0.3, 0.4) is 0 Å². The van der Waals surface area contributed by atoms with Crippen molar-refractivity contribution in [3.8, 4) is 0 Å². The van der Waals surface area contributed by atoms with E-state index in [1.54, 1.807) is 0 Å². The molecule has 5 heteroatoms. The quantitative estimate of drug-likeness (QED) is 0.163. The Hall–Kier alpha value is -0.130. The summed E-state index contributed by atoms with van der Waals surface area (Å²) in [4.78, 5) is 0. The summed E-state index contributed by atoms with van der Waals surface area (Å²) in [7, 11) is -3.83. The van der Waals surface area contributed by atoms with Crippen LogP contribution in [0.25, 0.3) is 0 Å². The van der Waals surface area contributed by atoms with E-state index in [-0.39, 0.29) is 13.2 Å². The Morgan fingerprint density at radius 2 is 0.897 bits per heavy atom. The van der Waals surface area contributed by atoms with E-state index >= 15 is 0 Å². The minimum absolute atomic E-state index is 0.233. The summed E-state index contributed by atoms with van der Waals surface area (Å²) in [6, 6.07) is 0. The highest BCUT2D eigenvalue weighted by molar-refractivity contribution is 7.81. The second-order valence-corrected chi connectivity index (χ2v) is 10.2. The third-order valence-corrected chi connectivity index (χ3v) is 6.65. The van der Waals surface area contributed by atoms with E-state index in [1.807, 2.05) is 0 Å². The molecule has 29 heavy (non-hydrogen) atoms. The molecule has 176 valence electrons. The summed E-state index contributed by atoms with van der Waals surface area (Å²) in [5.41, 5.74) is 0. The van der Waals surface area contributed by atoms with E-state index in [0.29, 0.717) is 11.8 Å².